The van der Waals surface area contributed by atoms with E-state index in [0.717, 1.165) is 38.3 Å². The Morgan fingerprint density at radius 3 is 1.53 bits per heavy atom. The Hall–Kier alpha value is -3.44. The van der Waals surface area contributed by atoms with Gasteiger partial charge in [-0.3, -0.25) is 9.59 Å². The Kier molecular flexibility index (Phi) is 17.9. The predicted octanol–water partition coefficient (Wildman–Crippen LogP) is 3.78. The number of fused-ring (bicyclic) bond motifs is 2. The molecule has 0 aromatic heterocycles. The number of hydrogen-bond donors (Lipinski definition) is 5. The van der Waals surface area contributed by atoms with E-state index in [1.807, 2.05) is 38.4 Å². The Morgan fingerprint density at radius 2 is 1.12 bits per heavy atom. The van der Waals surface area contributed by atoms with Gasteiger partial charge in [0.15, 0.2) is 12.2 Å². The van der Waals surface area contributed by atoms with Crippen LogP contribution in [0.15, 0.2) is 82.6 Å². The molecule has 6 N–H and O–H groups in total. The fourth-order valence-electron chi connectivity index (χ4n) is 8.08. The third-order valence-corrected chi connectivity index (χ3v) is 15.4. The zero-order chi connectivity index (χ0) is 47.9. The highest BCUT2D eigenvalue weighted by Gasteiger charge is 2.33. The molecule has 0 saturated heterocycles. The molecule has 0 spiro atoms. The molecule has 6 rings (SSSR count). The third kappa shape index (κ3) is 13.0. The van der Waals surface area contributed by atoms with Crippen LogP contribution < -0.4 is 15.2 Å². The lowest BCUT2D eigenvalue weighted by molar-refractivity contribution is -0.153. The minimum Gasteiger partial charge on any atom is -0.380 e. The number of nitrogens with zero attached hydrogens (tertiary/aromatic N) is 3. The van der Waals surface area contributed by atoms with Crippen LogP contribution in [0.4, 0.5) is 0 Å². The highest BCUT2D eigenvalue weighted by atomic mass is 35.5. The van der Waals surface area contributed by atoms with E-state index in [-0.39, 0.29) is 74.2 Å². The van der Waals surface area contributed by atoms with E-state index in [2.05, 4.69) is 19.2 Å². The van der Waals surface area contributed by atoms with Crippen molar-refractivity contribution in [3.05, 3.63) is 126 Å². The maximum atomic E-state index is 13.3. The number of halogens is 4. The second kappa shape index (κ2) is 22.8. The molecule has 16 nitrogen and oxygen atoms in total. The molecule has 0 bridgehead atoms. The molecule has 0 radical (unpaired) electrons. The first-order valence-corrected chi connectivity index (χ1v) is 25.3. The van der Waals surface area contributed by atoms with Crippen molar-refractivity contribution in [1.82, 2.24) is 24.1 Å². The van der Waals surface area contributed by atoms with Crippen LogP contribution in [-0.4, -0.2) is 146 Å². The molecule has 4 unspecified atom stereocenters. The summed E-state index contributed by atoms with van der Waals surface area (Å²) < 4.78 is 69.6. The molecule has 4 aromatic rings. The number of likely N-dealkylation sites (N-methyl/N-ethyl adjacent to an activating group) is 2. The molecule has 4 atom stereocenters. The average molecular weight is 1030 g/mol. The van der Waals surface area contributed by atoms with E-state index in [0.29, 0.717) is 46.3 Å². The van der Waals surface area contributed by atoms with Gasteiger partial charge in [-0.2, -0.15) is 0 Å². The number of nitrogens with two attached hydrogens (primary N) is 1. The molecule has 66 heavy (non-hydrogen) atoms. The van der Waals surface area contributed by atoms with Gasteiger partial charge in [0.25, 0.3) is 5.91 Å². The zero-order valence-electron chi connectivity index (χ0n) is 36.1. The SMILES string of the molecule is CN1Cc2c(Cl)cc(Cl)cc2C(c2cccc(S(=O)(=O)NCCOCCN(CCOCCNS(=O)(=O)c3cccc(C4CN(C)Cc5c(Cl)cc(Cl)cc54)c3)C(=O)C(O)C(O)C(N)=O)c2)C1. The molecule has 0 aliphatic carbocycles. The molecular formula is C44H52Cl4N6O10S2. The molecule has 0 saturated carbocycles. The normalized spacial score (nSPS) is 17.8. The number of amides is 2. The van der Waals surface area contributed by atoms with Gasteiger partial charge >= 0.3 is 0 Å². The quantitative estimate of drug-likeness (QED) is 0.0754. The maximum absolute atomic E-state index is 13.3. The lowest BCUT2D eigenvalue weighted by Crippen LogP contribution is -2.51. The number of aliphatic hydroxyl groups excluding tert-OH is 2. The second-order valence-electron chi connectivity index (χ2n) is 16.2. The van der Waals surface area contributed by atoms with Gasteiger partial charge in [0.1, 0.15) is 0 Å². The summed E-state index contributed by atoms with van der Waals surface area (Å²) in [4.78, 5) is 30.0. The van der Waals surface area contributed by atoms with Gasteiger partial charge in [-0.05, 0) is 96.0 Å². The lowest BCUT2D eigenvalue weighted by atomic mass is 9.85. The van der Waals surface area contributed by atoms with Crippen LogP contribution >= 0.6 is 46.4 Å². The number of sulfonamides is 2. The van der Waals surface area contributed by atoms with Crippen LogP contribution in [0.3, 0.4) is 0 Å². The van der Waals surface area contributed by atoms with Crippen molar-refractivity contribution < 1.29 is 46.1 Å². The van der Waals surface area contributed by atoms with Crippen LogP contribution in [0.5, 0.6) is 0 Å². The van der Waals surface area contributed by atoms with Crippen molar-refractivity contribution in [1.29, 1.82) is 0 Å². The van der Waals surface area contributed by atoms with Crippen LogP contribution in [0, 0.1) is 0 Å². The molecule has 22 heteroatoms. The van der Waals surface area contributed by atoms with Gasteiger partial charge in [-0.1, -0.05) is 70.7 Å². The summed E-state index contributed by atoms with van der Waals surface area (Å²) >= 11 is 25.7. The van der Waals surface area contributed by atoms with Crippen LogP contribution in [-0.2, 0) is 52.2 Å². The first-order chi connectivity index (χ1) is 31.2. The summed E-state index contributed by atoms with van der Waals surface area (Å²) in [6.45, 7) is 1.48. The zero-order valence-corrected chi connectivity index (χ0v) is 40.8. The van der Waals surface area contributed by atoms with Gasteiger partial charge in [-0.25, -0.2) is 26.3 Å². The molecule has 358 valence electrons. The van der Waals surface area contributed by atoms with Crippen molar-refractivity contribution in [3.63, 3.8) is 0 Å². The molecular weight excluding hydrogens is 978 g/mol. The van der Waals surface area contributed by atoms with E-state index in [9.17, 15) is 36.6 Å². The Morgan fingerprint density at radius 1 is 0.697 bits per heavy atom. The average Bonchev–Trinajstić information content (AvgIpc) is 3.27. The van der Waals surface area contributed by atoms with Gasteiger partial charge in [0.2, 0.25) is 26.0 Å². The number of benzene rings is 4. The number of ether oxygens (including phenoxy) is 2. The number of aliphatic hydroxyl groups is 2. The number of carbonyl (C=O) groups excluding carboxylic acids is 2. The largest absolute Gasteiger partial charge is 0.380 e. The minimum absolute atomic E-state index is 0.0511. The fourth-order valence-corrected chi connectivity index (χ4v) is 11.4. The van der Waals surface area contributed by atoms with Crippen molar-refractivity contribution in [2.45, 2.75) is 46.9 Å². The summed E-state index contributed by atoms with van der Waals surface area (Å²) in [5.74, 6) is -2.70. The van der Waals surface area contributed by atoms with Crippen molar-refractivity contribution in [3.8, 4) is 0 Å². The third-order valence-electron chi connectivity index (χ3n) is 11.4. The van der Waals surface area contributed by atoms with Crippen molar-refractivity contribution >= 4 is 78.3 Å². The summed E-state index contributed by atoms with van der Waals surface area (Å²) in [5, 5.41) is 22.4. The summed E-state index contributed by atoms with van der Waals surface area (Å²) in [6.07, 6.45) is -4.36. The molecule has 0 fully saturated rings. The van der Waals surface area contributed by atoms with E-state index in [1.165, 1.54) is 12.1 Å². The number of nitrogens with one attached hydrogen (secondary N) is 2. The number of hydrogen-bond acceptors (Lipinski definition) is 12. The number of carbonyl (C=O) groups is 2. The van der Waals surface area contributed by atoms with Crippen LogP contribution in [0.1, 0.15) is 45.2 Å². The highest BCUT2D eigenvalue weighted by molar-refractivity contribution is 7.89. The topological polar surface area (TPSA) is 221 Å². The molecule has 2 amide bonds. The monoisotopic (exact) mass is 1030 g/mol. The Bertz CT molecular complexity index is 2470. The van der Waals surface area contributed by atoms with Gasteiger partial charge in [-0.15, -0.1) is 0 Å². The standard InChI is InChI=1S/C44H52Cl4N6O10S2/c1-52-23-35(33-19-29(45)21-39(47)37(33)25-52)27-5-3-7-31(17-27)65(59,60)50-9-13-63-15-11-54(44(58)42(56)41(55)43(49)57)12-16-64-14-10-51-66(61,62)32-8-4-6-28(18-32)36-24-53(2)26-38-34(36)20-30(46)22-40(38)48/h3-8,17-22,35-36,41-42,50-51,55-56H,9-16,23-26H2,1-2H3,(H2,49,57). The maximum Gasteiger partial charge on any atom is 0.254 e. The van der Waals surface area contributed by atoms with Gasteiger partial charge in [0.05, 0.1) is 36.2 Å². The van der Waals surface area contributed by atoms with Gasteiger partial charge < -0.3 is 40.1 Å². The Balaban J connectivity index is 0.986. The van der Waals surface area contributed by atoms with E-state index >= 15 is 0 Å². The first kappa shape index (κ1) is 51.9. The van der Waals surface area contributed by atoms with Crippen molar-refractivity contribution in [2.75, 3.05) is 79.8 Å². The summed E-state index contributed by atoms with van der Waals surface area (Å²) in [5.41, 5.74) is 10.4. The predicted molar refractivity (Wildman–Crippen MR) is 252 cm³/mol. The first-order valence-electron chi connectivity index (χ1n) is 20.9. The molecule has 4 aromatic carbocycles. The smallest absolute Gasteiger partial charge is 0.254 e. The number of rotatable bonds is 21. The molecule has 2 aliphatic heterocycles. The van der Waals surface area contributed by atoms with Crippen LogP contribution in [0.2, 0.25) is 20.1 Å². The van der Waals surface area contributed by atoms with E-state index in [1.54, 1.807) is 36.4 Å². The lowest BCUT2D eigenvalue weighted by Gasteiger charge is -2.33. The summed E-state index contributed by atoms with van der Waals surface area (Å²) in [6, 6.07) is 20.4. The Labute approximate surface area is 404 Å². The van der Waals surface area contributed by atoms with E-state index < -0.39 is 44.1 Å². The second-order valence-corrected chi connectivity index (χ2v) is 21.4. The summed E-state index contributed by atoms with van der Waals surface area (Å²) in [7, 11) is -4.03. The van der Waals surface area contributed by atoms with Crippen LogP contribution in [0.25, 0.3) is 0 Å². The van der Waals surface area contributed by atoms with Crippen molar-refractivity contribution in [2.24, 2.45) is 5.73 Å². The number of primary amides is 1. The molecule has 2 heterocycles. The highest BCUT2D eigenvalue weighted by Crippen LogP contribution is 2.40. The van der Waals surface area contributed by atoms with Gasteiger partial charge in [0, 0.05) is 84.3 Å². The molecule has 2 aliphatic rings. The van der Waals surface area contributed by atoms with E-state index in [4.69, 9.17) is 61.6 Å². The fraction of sp³-hybridized carbons (Fsp3) is 0.409. The minimum atomic E-state index is -3.97.